The van der Waals surface area contributed by atoms with Crippen molar-refractivity contribution in [3.05, 3.63) is 70.8 Å². The summed E-state index contributed by atoms with van der Waals surface area (Å²) in [6, 6.07) is 12.9. The second-order valence-electron chi connectivity index (χ2n) is 15.4. The smallest absolute Gasteiger partial charge is 0.336 e. The normalized spacial score (nSPS) is 11.7. The first-order chi connectivity index (χ1) is 26.8. The number of primary amides is 1. The molecule has 0 atom stereocenters. The van der Waals surface area contributed by atoms with Gasteiger partial charge in [0.25, 0.3) is 5.91 Å². The molecule has 0 saturated carbocycles. The maximum atomic E-state index is 13.7. The van der Waals surface area contributed by atoms with Gasteiger partial charge >= 0.3 is 11.9 Å². The number of rotatable bonds is 26. The van der Waals surface area contributed by atoms with Crippen LogP contribution >= 0.6 is 0 Å². The summed E-state index contributed by atoms with van der Waals surface area (Å²) in [6.45, 7) is 2.80. The Morgan fingerprint density at radius 2 is 0.745 bits per heavy atom. The van der Waals surface area contributed by atoms with Gasteiger partial charge in [0.05, 0.1) is 11.1 Å². The highest BCUT2D eigenvalue weighted by Gasteiger charge is 2.25. The number of carbonyl (C=O) groups excluding carboxylic acids is 2. The van der Waals surface area contributed by atoms with E-state index in [1.807, 2.05) is 0 Å². The Hall–Kier alpha value is -4.72. The molecule has 2 amide bonds. The van der Waals surface area contributed by atoms with Crippen molar-refractivity contribution in [3.63, 3.8) is 0 Å². The first kappa shape index (κ1) is 41.4. The molecule has 8 heteroatoms. The molecule has 0 saturated heterocycles. The standard InChI is InChI=1S/C47H60N2O6/c1-2-3-4-5-6-7-8-9-10-11-12-13-14-15-16-17-18-19-20-21-22-31-49-45(51)37-28-24-33-35-26-30-39(47(54)55)43-38(46(52)53)29-25-34(41(35)43)32-23-27-36(44(48)50)42(37)40(32)33/h23-30H,2-22,31H2,1H3,(H2,48,50)(H,49,51)(H,52,53)(H,54,55). The highest BCUT2D eigenvalue weighted by molar-refractivity contribution is 6.38. The minimum absolute atomic E-state index is 0.109. The van der Waals surface area contributed by atoms with E-state index in [9.17, 15) is 29.4 Å². The maximum absolute atomic E-state index is 13.7. The van der Waals surface area contributed by atoms with E-state index in [4.69, 9.17) is 5.73 Å². The Bertz CT molecular complexity index is 2020. The van der Waals surface area contributed by atoms with Gasteiger partial charge in [-0.05, 0) is 63.0 Å². The number of carboxylic acid groups (broad SMARTS) is 2. The number of hydrogen-bond acceptors (Lipinski definition) is 4. The molecule has 5 N–H and O–H groups in total. The van der Waals surface area contributed by atoms with E-state index in [1.165, 1.54) is 128 Å². The third kappa shape index (κ3) is 10.3. The molecule has 0 aliphatic heterocycles. The van der Waals surface area contributed by atoms with Gasteiger partial charge in [-0.1, -0.05) is 160 Å². The Morgan fingerprint density at radius 3 is 1.09 bits per heavy atom. The van der Waals surface area contributed by atoms with E-state index in [0.29, 0.717) is 49.8 Å². The number of benzene rings is 5. The van der Waals surface area contributed by atoms with E-state index in [-0.39, 0.29) is 28.0 Å². The molecule has 0 aliphatic carbocycles. The topological polar surface area (TPSA) is 147 Å². The molecule has 0 bridgehead atoms. The first-order valence-electron chi connectivity index (χ1n) is 21.0. The molecule has 5 rings (SSSR count). The van der Waals surface area contributed by atoms with Crippen LogP contribution in [0.4, 0.5) is 0 Å². The Kier molecular flexibility index (Phi) is 15.7. The predicted octanol–water partition coefficient (Wildman–Crippen LogP) is 12.2. The number of hydrogen-bond donors (Lipinski definition) is 4. The van der Waals surface area contributed by atoms with Crippen LogP contribution in [0.1, 0.15) is 183 Å². The molecular formula is C47H60N2O6. The van der Waals surface area contributed by atoms with Crippen LogP contribution in [0, 0.1) is 0 Å². The third-order valence-corrected chi connectivity index (χ3v) is 11.4. The van der Waals surface area contributed by atoms with Gasteiger partial charge in [-0.2, -0.15) is 0 Å². The van der Waals surface area contributed by atoms with Crippen LogP contribution in [0.25, 0.3) is 43.1 Å². The van der Waals surface area contributed by atoms with Gasteiger partial charge in [-0.3, -0.25) is 9.59 Å². The lowest BCUT2D eigenvalue weighted by Crippen LogP contribution is -2.25. The Balaban J connectivity index is 1.08. The van der Waals surface area contributed by atoms with Gasteiger partial charge in [0.2, 0.25) is 5.91 Å². The van der Waals surface area contributed by atoms with Gasteiger partial charge in [0.15, 0.2) is 0 Å². The lowest BCUT2D eigenvalue weighted by atomic mass is 9.84. The summed E-state index contributed by atoms with van der Waals surface area (Å²) in [5.74, 6) is -3.42. The summed E-state index contributed by atoms with van der Waals surface area (Å²) < 4.78 is 0. The van der Waals surface area contributed by atoms with Crippen LogP contribution in [-0.2, 0) is 0 Å². The fourth-order valence-electron chi connectivity index (χ4n) is 8.49. The monoisotopic (exact) mass is 748 g/mol. The van der Waals surface area contributed by atoms with Crippen molar-refractivity contribution in [1.82, 2.24) is 5.32 Å². The van der Waals surface area contributed by atoms with Gasteiger partial charge in [-0.15, -0.1) is 0 Å². The van der Waals surface area contributed by atoms with Crippen LogP contribution in [0.5, 0.6) is 0 Å². The Morgan fingerprint density at radius 1 is 0.436 bits per heavy atom. The van der Waals surface area contributed by atoms with Crippen molar-refractivity contribution in [2.24, 2.45) is 5.73 Å². The largest absolute Gasteiger partial charge is 0.478 e. The molecule has 5 aromatic rings. The summed E-state index contributed by atoms with van der Waals surface area (Å²) >= 11 is 0. The van der Waals surface area contributed by atoms with Crippen LogP contribution < -0.4 is 11.1 Å². The number of carboxylic acids is 2. The second kappa shape index (κ2) is 20.8. The zero-order valence-corrected chi connectivity index (χ0v) is 32.8. The zero-order chi connectivity index (χ0) is 39.2. The lowest BCUT2D eigenvalue weighted by Gasteiger charge is -2.19. The van der Waals surface area contributed by atoms with Gasteiger partial charge in [0.1, 0.15) is 0 Å². The predicted molar refractivity (Wildman–Crippen MR) is 225 cm³/mol. The molecular weight excluding hydrogens is 689 g/mol. The summed E-state index contributed by atoms with van der Waals surface area (Å²) in [5.41, 5.74) is 6.18. The van der Waals surface area contributed by atoms with Crippen LogP contribution in [0.2, 0.25) is 0 Å². The highest BCUT2D eigenvalue weighted by Crippen LogP contribution is 2.44. The quantitative estimate of drug-likeness (QED) is 0.0251. The maximum Gasteiger partial charge on any atom is 0.336 e. The summed E-state index contributed by atoms with van der Waals surface area (Å²) in [5, 5.41) is 27.3. The fraction of sp³-hybridized carbons (Fsp3) is 0.489. The average molecular weight is 749 g/mol. The van der Waals surface area contributed by atoms with Crippen molar-refractivity contribution in [2.75, 3.05) is 6.54 Å². The highest BCUT2D eigenvalue weighted by atomic mass is 16.4. The first-order valence-corrected chi connectivity index (χ1v) is 21.0. The van der Waals surface area contributed by atoms with Crippen molar-refractivity contribution in [3.8, 4) is 0 Å². The number of amides is 2. The Labute approximate surface area is 325 Å². The summed E-state index contributed by atoms with van der Waals surface area (Å²) in [6.07, 6.45) is 27.6. The second-order valence-corrected chi connectivity index (χ2v) is 15.4. The molecule has 8 nitrogen and oxygen atoms in total. The zero-order valence-electron chi connectivity index (χ0n) is 32.8. The fourth-order valence-corrected chi connectivity index (χ4v) is 8.49. The number of nitrogens with two attached hydrogens (primary N) is 1. The van der Waals surface area contributed by atoms with Crippen molar-refractivity contribution >= 4 is 66.8 Å². The molecule has 0 unspecified atom stereocenters. The van der Waals surface area contributed by atoms with E-state index >= 15 is 0 Å². The number of nitrogens with one attached hydrogen (secondary N) is 1. The summed E-state index contributed by atoms with van der Waals surface area (Å²) in [7, 11) is 0. The number of carbonyl (C=O) groups is 4. The minimum Gasteiger partial charge on any atom is -0.478 e. The molecule has 5 aromatic carbocycles. The van der Waals surface area contributed by atoms with Gasteiger partial charge in [0, 0.05) is 28.4 Å². The summed E-state index contributed by atoms with van der Waals surface area (Å²) in [4.78, 5) is 50.8. The van der Waals surface area contributed by atoms with Crippen molar-refractivity contribution < 1.29 is 29.4 Å². The average Bonchev–Trinajstić information content (AvgIpc) is 3.17. The molecule has 0 heterocycles. The SMILES string of the molecule is CCCCCCCCCCCCCCCCCCCCCCCNC(=O)c1ccc2c3ccc(C(=O)O)c4c(C(=O)O)ccc(c5ccc(C(N)=O)c1c52)c43. The van der Waals surface area contributed by atoms with E-state index in [0.717, 1.165) is 19.3 Å². The molecule has 294 valence electrons. The van der Waals surface area contributed by atoms with Gasteiger partial charge in [-0.25, -0.2) is 9.59 Å². The van der Waals surface area contributed by atoms with Crippen molar-refractivity contribution in [2.45, 2.75) is 142 Å². The molecule has 0 aliphatic rings. The third-order valence-electron chi connectivity index (χ3n) is 11.4. The van der Waals surface area contributed by atoms with Gasteiger partial charge < -0.3 is 21.3 Å². The molecule has 55 heavy (non-hydrogen) atoms. The van der Waals surface area contributed by atoms with E-state index < -0.39 is 17.8 Å². The number of unbranched alkanes of at least 4 members (excludes halogenated alkanes) is 20. The van der Waals surface area contributed by atoms with Crippen LogP contribution in [-0.4, -0.2) is 40.5 Å². The number of aromatic carboxylic acids is 2. The van der Waals surface area contributed by atoms with Crippen LogP contribution in [0.3, 0.4) is 0 Å². The molecule has 0 radical (unpaired) electrons. The van der Waals surface area contributed by atoms with Crippen LogP contribution in [0.15, 0.2) is 48.5 Å². The van der Waals surface area contributed by atoms with E-state index in [2.05, 4.69) is 12.2 Å². The molecule has 0 aromatic heterocycles. The lowest BCUT2D eigenvalue weighted by molar-refractivity contribution is 0.0695. The molecule has 0 fully saturated rings. The number of fused-ring (bicyclic) bond motifs is 2. The molecule has 0 spiro atoms. The minimum atomic E-state index is -1.23. The van der Waals surface area contributed by atoms with Crippen molar-refractivity contribution in [1.29, 1.82) is 0 Å². The van der Waals surface area contributed by atoms with E-state index in [1.54, 1.807) is 36.4 Å².